The highest BCUT2D eigenvalue weighted by Crippen LogP contribution is 2.20. The van der Waals surface area contributed by atoms with Crippen LogP contribution in [0.1, 0.15) is 53.8 Å². The van der Waals surface area contributed by atoms with E-state index in [2.05, 4.69) is 6.92 Å². The zero-order valence-electron chi connectivity index (χ0n) is 11.8. The predicted molar refractivity (Wildman–Crippen MR) is 80.8 cm³/mol. The van der Waals surface area contributed by atoms with Gasteiger partial charge in [-0.2, -0.15) is 0 Å². The topological polar surface area (TPSA) is 37.3 Å². The number of rotatable bonds is 6. The maximum atomic E-state index is 12.2. The molecule has 2 rings (SSSR count). The highest BCUT2D eigenvalue weighted by Gasteiger charge is 2.10. The molecule has 0 aliphatic carbocycles. The summed E-state index contributed by atoms with van der Waals surface area (Å²) in [6.45, 7) is 2.11. The highest BCUT2D eigenvalue weighted by atomic mass is 16.3. The maximum absolute atomic E-state index is 12.2. The minimum Gasteiger partial charge on any atom is -0.388 e. The molecule has 0 saturated heterocycles. The number of benzene rings is 2. The lowest BCUT2D eigenvalue weighted by molar-refractivity contribution is 0.103. The Labute approximate surface area is 120 Å². The number of carbonyl (C=O) groups excluding carboxylic acids is 1. The van der Waals surface area contributed by atoms with Crippen molar-refractivity contribution in [1.82, 2.24) is 0 Å². The molecule has 0 spiro atoms. The monoisotopic (exact) mass is 268 g/mol. The Hall–Kier alpha value is -1.93. The third kappa shape index (κ3) is 3.55. The number of ketones is 1. The van der Waals surface area contributed by atoms with Gasteiger partial charge in [0.15, 0.2) is 5.78 Å². The second kappa shape index (κ2) is 7.01. The molecule has 0 radical (unpaired) electrons. The van der Waals surface area contributed by atoms with Crippen molar-refractivity contribution >= 4 is 5.78 Å². The van der Waals surface area contributed by atoms with Crippen LogP contribution in [0.25, 0.3) is 0 Å². The van der Waals surface area contributed by atoms with Gasteiger partial charge in [-0.05, 0) is 12.0 Å². The molecule has 2 nitrogen and oxygen atoms in total. The van der Waals surface area contributed by atoms with Crippen LogP contribution < -0.4 is 0 Å². The summed E-state index contributed by atoms with van der Waals surface area (Å²) in [5.41, 5.74) is 2.22. The van der Waals surface area contributed by atoms with Gasteiger partial charge in [0.05, 0.1) is 6.10 Å². The van der Waals surface area contributed by atoms with Crippen molar-refractivity contribution in [2.45, 2.75) is 32.3 Å². The molecule has 0 heterocycles. The van der Waals surface area contributed by atoms with Crippen molar-refractivity contribution in [1.29, 1.82) is 0 Å². The van der Waals surface area contributed by atoms with Gasteiger partial charge in [-0.3, -0.25) is 4.79 Å². The molecule has 2 aromatic rings. The van der Waals surface area contributed by atoms with Crippen molar-refractivity contribution in [3.05, 3.63) is 71.3 Å². The average molecular weight is 268 g/mol. The number of aliphatic hydroxyl groups excluding tert-OH is 1. The first-order valence-corrected chi connectivity index (χ1v) is 7.10. The Balaban J connectivity index is 2.10. The van der Waals surface area contributed by atoms with E-state index in [9.17, 15) is 9.90 Å². The predicted octanol–water partition coefficient (Wildman–Crippen LogP) is 4.14. The first kappa shape index (κ1) is 14.5. The van der Waals surface area contributed by atoms with Crippen LogP contribution in [-0.4, -0.2) is 10.9 Å². The third-order valence-corrected chi connectivity index (χ3v) is 3.42. The molecule has 2 aromatic carbocycles. The molecule has 1 atom stereocenters. The lowest BCUT2D eigenvalue weighted by Gasteiger charge is -2.10. The molecule has 104 valence electrons. The van der Waals surface area contributed by atoms with E-state index in [1.54, 1.807) is 12.1 Å². The zero-order valence-corrected chi connectivity index (χ0v) is 11.8. The van der Waals surface area contributed by atoms with Crippen LogP contribution >= 0.6 is 0 Å². The van der Waals surface area contributed by atoms with E-state index in [1.165, 1.54) is 0 Å². The molecule has 0 saturated carbocycles. The van der Waals surface area contributed by atoms with Crippen LogP contribution in [0.3, 0.4) is 0 Å². The molecular formula is C18H20O2. The Kier molecular flexibility index (Phi) is 5.08. The van der Waals surface area contributed by atoms with E-state index in [0.717, 1.165) is 24.8 Å². The second-order valence-electron chi connectivity index (χ2n) is 4.98. The van der Waals surface area contributed by atoms with Crippen LogP contribution in [-0.2, 0) is 0 Å². The van der Waals surface area contributed by atoms with E-state index in [4.69, 9.17) is 0 Å². The van der Waals surface area contributed by atoms with Gasteiger partial charge >= 0.3 is 0 Å². The molecular weight excluding hydrogens is 248 g/mol. The fourth-order valence-electron chi connectivity index (χ4n) is 2.18. The van der Waals surface area contributed by atoms with Crippen LogP contribution in [0.5, 0.6) is 0 Å². The van der Waals surface area contributed by atoms with E-state index >= 15 is 0 Å². The average Bonchev–Trinajstić information content (AvgIpc) is 2.53. The molecule has 20 heavy (non-hydrogen) atoms. The second-order valence-corrected chi connectivity index (χ2v) is 4.98. The number of unbranched alkanes of at least 4 members (excludes halogenated alkanes) is 1. The Morgan fingerprint density at radius 1 is 1.00 bits per heavy atom. The number of carbonyl (C=O) groups is 1. The summed E-state index contributed by atoms with van der Waals surface area (Å²) >= 11 is 0. The van der Waals surface area contributed by atoms with Crippen molar-refractivity contribution in [2.75, 3.05) is 0 Å². The van der Waals surface area contributed by atoms with Gasteiger partial charge in [0.25, 0.3) is 0 Å². The number of hydrogen-bond donors (Lipinski definition) is 1. The summed E-state index contributed by atoms with van der Waals surface area (Å²) in [5.74, 6) is 0.0141. The first-order valence-electron chi connectivity index (χ1n) is 7.10. The lowest BCUT2D eigenvalue weighted by Crippen LogP contribution is -2.02. The van der Waals surface area contributed by atoms with Crippen LogP contribution in [0, 0.1) is 0 Å². The fraction of sp³-hybridized carbons (Fsp3) is 0.278. The SMILES string of the molecule is CCCC[C@H](O)c1ccc(C(=O)c2ccccc2)cc1. The van der Waals surface area contributed by atoms with Crippen LogP contribution in [0.2, 0.25) is 0 Å². The lowest BCUT2D eigenvalue weighted by atomic mass is 9.99. The van der Waals surface area contributed by atoms with Gasteiger partial charge in [-0.1, -0.05) is 74.4 Å². The van der Waals surface area contributed by atoms with E-state index < -0.39 is 6.10 Å². The molecule has 0 aliphatic rings. The summed E-state index contributed by atoms with van der Waals surface area (Å²) < 4.78 is 0. The van der Waals surface area contributed by atoms with Crippen LogP contribution in [0.4, 0.5) is 0 Å². The van der Waals surface area contributed by atoms with Crippen molar-refractivity contribution in [3.63, 3.8) is 0 Å². The number of hydrogen-bond acceptors (Lipinski definition) is 2. The van der Waals surface area contributed by atoms with E-state index in [1.807, 2.05) is 42.5 Å². The summed E-state index contributed by atoms with van der Waals surface area (Å²) in [6.07, 6.45) is 2.41. The highest BCUT2D eigenvalue weighted by molar-refractivity contribution is 6.08. The molecule has 1 N–H and O–H groups in total. The van der Waals surface area contributed by atoms with Crippen molar-refractivity contribution < 1.29 is 9.90 Å². The van der Waals surface area contributed by atoms with Gasteiger partial charge in [-0.15, -0.1) is 0 Å². The van der Waals surface area contributed by atoms with Crippen molar-refractivity contribution in [3.8, 4) is 0 Å². The third-order valence-electron chi connectivity index (χ3n) is 3.42. The minimum absolute atomic E-state index is 0.0141. The van der Waals surface area contributed by atoms with Crippen molar-refractivity contribution in [2.24, 2.45) is 0 Å². The smallest absolute Gasteiger partial charge is 0.193 e. The Bertz CT molecular complexity index is 543. The molecule has 0 aromatic heterocycles. The van der Waals surface area contributed by atoms with Gasteiger partial charge < -0.3 is 5.11 Å². The standard InChI is InChI=1S/C18H20O2/c1-2-3-9-17(19)14-10-12-16(13-11-14)18(20)15-7-5-4-6-8-15/h4-8,10-13,17,19H,2-3,9H2,1H3/t17-/m0/s1. The molecule has 2 heteroatoms. The molecule has 0 unspecified atom stereocenters. The summed E-state index contributed by atoms with van der Waals surface area (Å²) in [5, 5.41) is 10.0. The zero-order chi connectivity index (χ0) is 14.4. The summed E-state index contributed by atoms with van der Waals surface area (Å²) in [6, 6.07) is 16.5. The molecule has 0 bridgehead atoms. The summed E-state index contributed by atoms with van der Waals surface area (Å²) in [7, 11) is 0. The van der Waals surface area contributed by atoms with Gasteiger partial charge in [0, 0.05) is 11.1 Å². The number of aliphatic hydroxyl groups is 1. The Morgan fingerprint density at radius 2 is 1.60 bits per heavy atom. The molecule has 0 fully saturated rings. The molecule has 0 amide bonds. The van der Waals surface area contributed by atoms with Gasteiger partial charge in [-0.25, -0.2) is 0 Å². The van der Waals surface area contributed by atoms with E-state index in [0.29, 0.717) is 11.1 Å². The fourth-order valence-corrected chi connectivity index (χ4v) is 2.18. The maximum Gasteiger partial charge on any atom is 0.193 e. The minimum atomic E-state index is -0.434. The van der Waals surface area contributed by atoms with Gasteiger partial charge in [0.1, 0.15) is 0 Å². The molecule has 0 aliphatic heterocycles. The largest absolute Gasteiger partial charge is 0.388 e. The normalized spacial score (nSPS) is 12.1. The van der Waals surface area contributed by atoms with Crippen LogP contribution in [0.15, 0.2) is 54.6 Å². The first-order chi connectivity index (χ1) is 9.72. The van der Waals surface area contributed by atoms with Gasteiger partial charge in [0.2, 0.25) is 0 Å². The summed E-state index contributed by atoms with van der Waals surface area (Å²) in [4.78, 5) is 12.2. The van der Waals surface area contributed by atoms with E-state index in [-0.39, 0.29) is 5.78 Å². The Morgan fingerprint density at radius 3 is 2.20 bits per heavy atom. The quantitative estimate of drug-likeness (QED) is 0.799.